The number of carbonyl (C=O) groups excluding carboxylic acids is 1. The van der Waals surface area contributed by atoms with E-state index in [-0.39, 0.29) is 16.5 Å². The summed E-state index contributed by atoms with van der Waals surface area (Å²) in [7, 11) is -2.31. The van der Waals surface area contributed by atoms with Crippen LogP contribution in [0.3, 0.4) is 0 Å². The highest BCUT2D eigenvalue weighted by atomic mass is 32.2. The quantitative estimate of drug-likeness (QED) is 0.637. The molecule has 0 aliphatic rings. The summed E-state index contributed by atoms with van der Waals surface area (Å²) in [5.41, 5.74) is 0.796. The average molecular weight is 413 g/mol. The van der Waals surface area contributed by atoms with Gasteiger partial charge in [-0.05, 0) is 43.7 Å². The molecule has 0 bridgehead atoms. The molecule has 1 atom stereocenters. The van der Waals surface area contributed by atoms with E-state index in [1.165, 1.54) is 23.5 Å². The molecule has 1 unspecified atom stereocenters. The van der Waals surface area contributed by atoms with Crippen molar-refractivity contribution in [3.63, 3.8) is 0 Å². The van der Waals surface area contributed by atoms with Crippen LogP contribution in [0.25, 0.3) is 0 Å². The van der Waals surface area contributed by atoms with Gasteiger partial charge in [-0.25, -0.2) is 13.1 Å². The van der Waals surface area contributed by atoms with Crippen molar-refractivity contribution in [2.45, 2.75) is 31.2 Å². The number of aromatic nitrogens is 2. The third-order valence-corrected chi connectivity index (χ3v) is 6.58. The predicted octanol–water partition coefficient (Wildman–Crippen LogP) is 3.93. The van der Waals surface area contributed by atoms with Gasteiger partial charge in [-0.2, -0.15) is 5.10 Å². The first-order chi connectivity index (χ1) is 13.8. The summed E-state index contributed by atoms with van der Waals surface area (Å²) in [6.07, 6.45) is 2.49. The Morgan fingerprint density at radius 3 is 2.55 bits per heavy atom. The fourth-order valence-electron chi connectivity index (χ4n) is 2.86. The Balaban J connectivity index is 1.86. The summed E-state index contributed by atoms with van der Waals surface area (Å²) >= 11 is 0. The van der Waals surface area contributed by atoms with Gasteiger partial charge in [-0.1, -0.05) is 31.2 Å². The monoisotopic (exact) mass is 412 g/mol. The molecule has 0 spiro atoms. The first-order valence-electron chi connectivity index (χ1n) is 9.33. The summed E-state index contributed by atoms with van der Waals surface area (Å²) in [5.74, 6) is 0.175. The highest BCUT2D eigenvalue weighted by Gasteiger charge is 2.22. The lowest BCUT2D eigenvalue weighted by Gasteiger charge is -2.20. The number of rotatable bonds is 7. The van der Waals surface area contributed by atoms with E-state index in [2.05, 4.69) is 10.4 Å². The summed E-state index contributed by atoms with van der Waals surface area (Å²) in [6, 6.07) is 16.6. The zero-order chi connectivity index (χ0) is 21.0. The second kappa shape index (κ2) is 8.48. The number of amides is 1. The van der Waals surface area contributed by atoms with Crippen molar-refractivity contribution < 1.29 is 13.2 Å². The molecular formula is C21H24N4O3S. The molecule has 2 aromatic carbocycles. The van der Waals surface area contributed by atoms with Gasteiger partial charge in [0.1, 0.15) is 5.82 Å². The van der Waals surface area contributed by atoms with Crippen molar-refractivity contribution in [2.75, 3.05) is 16.7 Å². The smallest absolute Gasteiger partial charge is 0.264 e. The highest BCUT2D eigenvalue weighted by Crippen LogP contribution is 2.23. The standard InChI is InChI=1S/C21H24N4O3S/c1-4-16(2)25-20(13-14-22-25)23-21(26)17-9-8-12-19(15-17)29(27,28)24(3)18-10-6-5-7-11-18/h5-16H,4H2,1-3H3,(H,23,26). The molecule has 0 saturated heterocycles. The number of hydrogen-bond acceptors (Lipinski definition) is 4. The van der Waals surface area contributed by atoms with Crippen molar-refractivity contribution in [3.8, 4) is 0 Å². The summed E-state index contributed by atoms with van der Waals surface area (Å²) in [6.45, 7) is 4.05. The molecule has 0 saturated carbocycles. The van der Waals surface area contributed by atoms with Crippen LogP contribution in [0.1, 0.15) is 36.7 Å². The van der Waals surface area contributed by atoms with Crippen LogP contribution in [-0.2, 0) is 10.0 Å². The molecule has 1 aromatic heterocycles. The minimum Gasteiger partial charge on any atom is -0.307 e. The Hall–Kier alpha value is -3.13. The van der Waals surface area contributed by atoms with Crippen LogP contribution in [0, 0.1) is 0 Å². The van der Waals surface area contributed by atoms with Gasteiger partial charge in [0, 0.05) is 18.7 Å². The SMILES string of the molecule is CCC(C)n1nccc1NC(=O)c1cccc(S(=O)(=O)N(C)c2ccccc2)c1. The Labute approximate surface area is 171 Å². The predicted molar refractivity (Wildman–Crippen MR) is 114 cm³/mol. The van der Waals surface area contributed by atoms with Gasteiger partial charge in [0.15, 0.2) is 0 Å². The van der Waals surface area contributed by atoms with Crippen LogP contribution >= 0.6 is 0 Å². The van der Waals surface area contributed by atoms with Crippen molar-refractivity contribution >= 4 is 27.4 Å². The number of nitrogens with one attached hydrogen (secondary N) is 1. The Bertz CT molecular complexity index is 1090. The maximum Gasteiger partial charge on any atom is 0.264 e. The van der Waals surface area contributed by atoms with Crippen LogP contribution in [0.4, 0.5) is 11.5 Å². The minimum absolute atomic E-state index is 0.0481. The molecule has 8 heteroatoms. The van der Waals surface area contributed by atoms with Crippen LogP contribution in [0.15, 0.2) is 71.8 Å². The number of hydrogen-bond donors (Lipinski definition) is 1. The molecule has 3 aromatic rings. The second-order valence-corrected chi connectivity index (χ2v) is 8.68. The highest BCUT2D eigenvalue weighted by molar-refractivity contribution is 7.92. The van der Waals surface area contributed by atoms with Gasteiger partial charge in [0.2, 0.25) is 0 Å². The molecule has 0 aliphatic heterocycles. The van der Waals surface area contributed by atoms with Gasteiger partial charge in [0.05, 0.1) is 22.8 Å². The Morgan fingerprint density at radius 2 is 1.86 bits per heavy atom. The fraction of sp³-hybridized carbons (Fsp3) is 0.238. The molecule has 0 fully saturated rings. The van der Waals surface area contributed by atoms with Crippen LogP contribution in [0.2, 0.25) is 0 Å². The maximum atomic E-state index is 13.0. The lowest BCUT2D eigenvalue weighted by molar-refractivity contribution is 0.102. The third kappa shape index (κ3) is 4.32. The Morgan fingerprint density at radius 1 is 1.14 bits per heavy atom. The summed E-state index contributed by atoms with van der Waals surface area (Å²) in [4.78, 5) is 12.8. The number of sulfonamides is 1. The van der Waals surface area contributed by atoms with E-state index in [1.54, 1.807) is 53.3 Å². The normalized spacial score (nSPS) is 12.4. The second-order valence-electron chi connectivity index (χ2n) is 6.71. The van der Waals surface area contributed by atoms with Gasteiger partial charge in [-0.15, -0.1) is 0 Å². The van der Waals surface area contributed by atoms with Gasteiger partial charge in [-0.3, -0.25) is 9.10 Å². The first kappa shape index (κ1) is 20.6. The molecule has 152 valence electrons. The van der Waals surface area contributed by atoms with Crippen LogP contribution in [0.5, 0.6) is 0 Å². The fourth-order valence-corrected chi connectivity index (χ4v) is 4.10. The van der Waals surface area contributed by atoms with Gasteiger partial charge < -0.3 is 5.32 Å². The largest absolute Gasteiger partial charge is 0.307 e. The molecule has 7 nitrogen and oxygen atoms in total. The van der Waals surface area contributed by atoms with Crippen LogP contribution in [-0.4, -0.2) is 31.2 Å². The molecule has 29 heavy (non-hydrogen) atoms. The van der Waals surface area contributed by atoms with Crippen molar-refractivity contribution in [3.05, 3.63) is 72.4 Å². The van der Waals surface area contributed by atoms with Gasteiger partial charge in [0.25, 0.3) is 15.9 Å². The lowest BCUT2D eigenvalue weighted by atomic mass is 10.2. The molecule has 3 rings (SSSR count). The number of benzene rings is 2. The van der Waals surface area contributed by atoms with E-state index < -0.39 is 15.9 Å². The van der Waals surface area contributed by atoms with Crippen molar-refractivity contribution in [1.29, 1.82) is 0 Å². The van der Waals surface area contributed by atoms with Crippen molar-refractivity contribution in [2.24, 2.45) is 0 Å². The molecule has 0 aliphatic carbocycles. The number of carbonyl (C=O) groups is 1. The van der Waals surface area contributed by atoms with E-state index in [4.69, 9.17) is 0 Å². The van der Waals surface area contributed by atoms with Gasteiger partial charge >= 0.3 is 0 Å². The lowest BCUT2D eigenvalue weighted by Crippen LogP contribution is -2.27. The molecule has 0 radical (unpaired) electrons. The first-order valence-corrected chi connectivity index (χ1v) is 10.8. The zero-order valence-corrected chi connectivity index (χ0v) is 17.4. The van der Waals surface area contributed by atoms with E-state index in [1.807, 2.05) is 19.9 Å². The zero-order valence-electron chi connectivity index (χ0n) is 16.6. The number of nitrogens with zero attached hydrogens (tertiary/aromatic N) is 3. The molecule has 1 amide bonds. The number of anilines is 2. The molecule has 1 N–H and O–H groups in total. The maximum absolute atomic E-state index is 13.0. The topological polar surface area (TPSA) is 84.3 Å². The Kier molecular flexibility index (Phi) is 6.03. The third-order valence-electron chi connectivity index (χ3n) is 4.79. The average Bonchev–Trinajstić information content (AvgIpc) is 3.21. The summed E-state index contributed by atoms with van der Waals surface area (Å²) < 4.78 is 28.9. The molecule has 1 heterocycles. The number of para-hydroxylation sites is 1. The molecular weight excluding hydrogens is 388 g/mol. The van der Waals surface area contributed by atoms with E-state index in [0.29, 0.717) is 11.5 Å². The minimum atomic E-state index is -3.80. The summed E-state index contributed by atoms with van der Waals surface area (Å²) in [5, 5.41) is 7.06. The van der Waals surface area contributed by atoms with Crippen LogP contribution < -0.4 is 9.62 Å². The van der Waals surface area contributed by atoms with E-state index >= 15 is 0 Å². The van der Waals surface area contributed by atoms with E-state index in [0.717, 1.165) is 6.42 Å². The van der Waals surface area contributed by atoms with E-state index in [9.17, 15) is 13.2 Å². The van der Waals surface area contributed by atoms with Crippen molar-refractivity contribution in [1.82, 2.24) is 9.78 Å².